The highest BCUT2D eigenvalue weighted by Crippen LogP contribution is 2.36. The summed E-state index contributed by atoms with van der Waals surface area (Å²) in [7, 11) is 0. The van der Waals surface area contributed by atoms with Gasteiger partial charge in [-0.05, 0) is 31.2 Å². The molecule has 0 saturated heterocycles. The van der Waals surface area contributed by atoms with E-state index in [1.165, 1.54) is 6.07 Å². The Kier molecular flexibility index (Phi) is 4.14. The second-order valence-corrected chi connectivity index (χ2v) is 6.77. The molecule has 0 spiro atoms. The van der Waals surface area contributed by atoms with Crippen molar-refractivity contribution in [3.63, 3.8) is 0 Å². The maximum atomic E-state index is 14.4. The first-order chi connectivity index (χ1) is 11.0. The number of nitriles is 1. The molecular formula is C17H17FN4S. The summed E-state index contributed by atoms with van der Waals surface area (Å²) in [5.41, 5.74) is 7.13. The number of benzene rings is 1. The molecule has 0 aliphatic carbocycles. The molecule has 0 amide bonds. The van der Waals surface area contributed by atoms with Gasteiger partial charge in [0, 0.05) is 29.7 Å². The summed E-state index contributed by atoms with van der Waals surface area (Å²) in [6.45, 7) is 2.55. The van der Waals surface area contributed by atoms with Crippen LogP contribution in [0.3, 0.4) is 0 Å². The van der Waals surface area contributed by atoms with Crippen molar-refractivity contribution in [1.82, 2.24) is 0 Å². The van der Waals surface area contributed by atoms with Crippen LogP contribution in [0.5, 0.6) is 0 Å². The van der Waals surface area contributed by atoms with E-state index in [0.29, 0.717) is 35.0 Å². The Morgan fingerprint density at radius 2 is 2.30 bits per heavy atom. The van der Waals surface area contributed by atoms with E-state index in [1.807, 2.05) is 24.0 Å². The second kappa shape index (κ2) is 6.09. The number of anilines is 1. The molecule has 0 radical (unpaired) electrons. The van der Waals surface area contributed by atoms with Crippen LogP contribution < -0.4 is 10.6 Å². The van der Waals surface area contributed by atoms with Gasteiger partial charge >= 0.3 is 0 Å². The molecule has 2 aliphatic rings. The Morgan fingerprint density at radius 3 is 3.04 bits per heavy atom. The minimum atomic E-state index is -0.666. The summed E-state index contributed by atoms with van der Waals surface area (Å²) >= 11 is 1.66. The van der Waals surface area contributed by atoms with Crippen molar-refractivity contribution in [2.24, 2.45) is 10.7 Å². The molecule has 23 heavy (non-hydrogen) atoms. The van der Waals surface area contributed by atoms with Crippen molar-refractivity contribution in [2.45, 2.75) is 12.5 Å². The SMILES string of the molecule is C[C@@]1(c2cc(N3C=C(C#N)C=CC3)ccc2F)CSCC(N)=N1. The fourth-order valence-electron chi connectivity index (χ4n) is 2.78. The molecule has 1 aromatic rings. The Hall–Kier alpha value is -2.26. The summed E-state index contributed by atoms with van der Waals surface area (Å²) in [5.74, 6) is 1.63. The van der Waals surface area contributed by atoms with Gasteiger partial charge in [-0.3, -0.25) is 4.99 Å². The standard InChI is InChI=1S/C17H17FN4S/c1-17(11-23-10-16(20)21-17)14-7-13(4-5-15(14)18)22-6-2-3-12(8-19)9-22/h2-5,7,9H,6,10-11H2,1H3,(H2,20,21)/t17-/m0/s1. The monoisotopic (exact) mass is 328 g/mol. The fourth-order valence-corrected chi connectivity index (χ4v) is 3.77. The normalized spacial score (nSPS) is 24.0. The van der Waals surface area contributed by atoms with E-state index < -0.39 is 5.54 Å². The van der Waals surface area contributed by atoms with Crippen LogP contribution >= 0.6 is 11.8 Å². The number of thioether (sulfide) groups is 1. The lowest BCUT2D eigenvalue weighted by atomic mass is 9.93. The first kappa shape index (κ1) is 15.6. The summed E-state index contributed by atoms with van der Waals surface area (Å²) < 4.78 is 14.4. The van der Waals surface area contributed by atoms with Crippen molar-refractivity contribution in [3.8, 4) is 6.07 Å². The highest BCUT2D eigenvalue weighted by atomic mass is 32.2. The number of nitrogens with two attached hydrogens (primary N) is 1. The van der Waals surface area contributed by atoms with Crippen LogP contribution in [0.2, 0.25) is 0 Å². The molecule has 3 rings (SSSR count). The Labute approximate surface area is 139 Å². The molecule has 0 fully saturated rings. The molecule has 0 aromatic heterocycles. The van der Waals surface area contributed by atoms with Gasteiger partial charge in [0.15, 0.2) is 0 Å². The van der Waals surface area contributed by atoms with Gasteiger partial charge in [-0.2, -0.15) is 17.0 Å². The molecule has 2 N–H and O–H groups in total. The lowest BCUT2D eigenvalue weighted by Gasteiger charge is -2.31. The van der Waals surface area contributed by atoms with Gasteiger partial charge in [0.2, 0.25) is 0 Å². The molecule has 0 unspecified atom stereocenters. The zero-order valence-corrected chi connectivity index (χ0v) is 13.6. The average Bonchev–Trinajstić information content (AvgIpc) is 2.55. The predicted molar refractivity (Wildman–Crippen MR) is 92.9 cm³/mol. The van der Waals surface area contributed by atoms with Crippen LogP contribution in [0.1, 0.15) is 12.5 Å². The predicted octanol–water partition coefficient (Wildman–Crippen LogP) is 2.93. The molecule has 118 valence electrons. The van der Waals surface area contributed by atoms with Gasteiger partial charge in [0.25, 0.3) is 0 Å². The highest BCUT2D eigenvalue weighted by molar-refractivity contribution is 8.00. The van der Waals surface area contributed by atoms with Crippen molar-refractivity contribution in [1.29, 1.82) is 5.26 Å². The lowest BCUT2D eigenvalue weighted by molar-refractivity contribution is 0.509. The number of allylic oxidation sites excluding steroid dienone is 2. The lowest BCUT2D eigenvalue weighted by Crippen LogP contribution is -2.34. The summed E-state index contributed by atoms with van der Waals surface area (Å²) in [4.78, 5) is 6.42. The van der Waals surface area contributed by atoms with E-state index in [9.17, 15) is 4.39 Å². The van der Waals surface area contributed by atoms with E-state index in [-0.39, 0.29) is 5.82 Å². The molecule has 1 atom stereocenters. The van der Waals surface area contributed by atoms with E-state index >= 15 is 0 Å². The molecule has 2 aliphatic heterocycles. The number of hydrogen-bond donors (Lipinski definition) is 1. The fraction of sp³-hybridized carbons (Fsp3) is 0.294. The summed E-state index contributed by atoms with van der Waals surface area (Å²) in [5, 5.41) is 9.04. The molecule has 1 aromatic carbocycles. The summed E-state index contributed by atoms with van der Waals surface area (Å²) in [6.07, 6.45) is 5.47. The Morgan fingerprint density at radius 1 is 1.48 bits per heavy atom. The van der Waals surface area contributed by atoms with E-state index in [4.69, 9.17) is 11.0 Å². The number of amidine groups is 1. The highest BCUT2D eigenvalue weighted by Gasteiger charge is 2.32. The molecule has 2 heterocycles. The van der Waals surface area contributed by atoms with Gasteiger partial charge in [-0.1, -0.05) is 6.08 Å². The first-order valence-corrected chi connectivity index (χ1v) is 8.44. The van der Waals surface area contributed by atoms with E-state index in [1.54, 1.807) is 30.1 Å². The van der Waals surface area contributed by atoms with Gasteiger partial charge in [0.1, 0.15) is 17.7 Å². The maximum Gasteiger partial charge on any atom is 0.129 e. The van der Waals surface area contributed by atoms with Crippen molar-refractivity contribution in [2.75, 3.05) is 23.0 Å². The van der Waals surface area contributed by atoms with Gasteiger partial charge in [-0.15, -0.1) is 0 Å². The summed E-state index contributed by atoms with van der Waals surface area (Å²) in [6, 6.07) is 7.11. The van der Waals surface area contributed by atoms with E-state index in [0.717, 1.165) is 5.69 Å². The number of hydrogen-bond acceptors (Lipinski definition) is 5. The number of aliphatic imine (C=N–C) groups is 1. The number of nitrogens with zero attached hydrogens (tertiary/aromatic N) is 3. The topological polar surface area (TPSA) is 65.4 Å². The first-order valence-electron chi connectivity index (χ1n) is 7.29. The third-order valence-electron chi connectivity index (χ3n) is 3.91. The second-order valence-electron chi connectivity index (χ2n) is 5.78. The van der Waals surface area contributed by atoms with Gasteiger partial charge < -0.3 is 10.6 Å². The van der Waals surface area contributed by atoms with Crippen molar-refractivity contribution in [3.05, 3.63) is 53.5 Å². The van der Waals surface area contributed by atoms with Gasteiger partial charge in [-0.25, -0.2) is 4.39 Å². The molecule has 4 nitrogen and oxygen atoms in total. The molecule has 0 saturated carbocycles. The quantitative estimate of drug-likeness (QED) is 0.906. The third kappa shape index (κ3) is 3.10. The van der Waals surface area contributed by atoms with Crippen LogP contribution in [-0.4, -0.2) is 23.9 Å². The van der Waals surface area contributed by atoms with Crippen LogP contribution in [0.25, 0.3) is 0 Å². The largest absolute Gasteiger partial charge is 0.387 e. The minimum Gasteiger partial charge on any atom is -0.387 e. The van der Waals surface area contributed by atoms with E-state index in [2.05, 4.69) is 11.1 Å². The molecule has 6 heteroatoms. The maximum absolute atomic E-state index is 14.4. The van der Waals surface area contributed by atoms with Crippen molar-refractivity contribution >= 4 is 23.3 Å². The average molecular weight is 328 g/mol. The van der Waals surface area contributed by atoms with Crippen LogP contribution in [-0.2, 0) is 5.54 Å². The molecule has 0 bridgehead atoms. The zero-order valence-electron chi connectivity index (χ0n) is 12.8. The van der Waals surface area contributed by atoms with Crippen LogP contribution in [0, 0.1) is 17.1 Å². The molecular weight excluding hydrogens is 311 g/mol. The number of halogens is 1. The Balaban J connectivity index is 2.01. The number of rotatable bonds is 2. The van der Waals surface area contributed by atoms with Crippen LogP contribution in [0.4, 0.5) is 10.1 Å². The zero-order chi connectivity index (χ0) is 16.4. The van der Waals surface area contributed by atoms with Crippen LogP contribution in [0.15, 0.2) is 47.1 Å². The smallest absolute Gasteiger partial charge is 0.129 e. The minimum absolute atomic E-state index is 0.285. The Bertz CT molecular complexity index is 762. The van der Waals surface area contributed by atoms with Gasteiger partial charge in [0.05, 0.1) is 16.9 Å². The third-order valence-corrected chi connectivity index (χ3v) is 5.17. The van der Waals surface area contributed by atoms with Crippen molar-refractivity contribution < 1.29 is 4.39 Å².